The van der Waals surface area contributed by atoms with Crippen LogP contribution in [0.1, 0.15) is 49.0 Å². The fraction of sp³-hybridized carbons (Fsp3) is 0.526. The maximum atomic E-state index is 13.5. The van der Waals surface area contributed by atoms with Crippen LogP contribution in [0.4, 0.5) is 25.3 Å². The standard InChI is InChI=1S/C19H25F2N5O4/c1-10-8-25(4-5-26(10)19(28)29)9-14-6-13(16(20)21)7-15(11(14)2)22-18-24-23-17(30-18)12(3)27/h6-7,10,12,16,27H,4-5,8-9H2,1-3H3,(H,22,24)(H,28,29)/t10-,12?/m0/s1. The summed E-state index contributed by atoms with van der Waals surface area (Å²) < 4.78 is 32.3. The number of carbonyl (C=O) groups is 1. The number of carboxylic acid groups (broad SMARTS) is 1. The smallest absolute Gasteiger partial charge is 0.407 e. The molecule has 1 aliphatic rings. The molecule has 1 unspecified atom stereocenters. The highest BCUT2D eigenvalue weighted by Gasteiger charge is 2.27. The van der Waals surface area contributed by atoms with Gasteiger partial charge >= 0.3 is 12.1 Å². The van der Waals surface area contributed by atoms with Crippen LogP contribution in [0.25, 0.3) is 0 Å². The number of hydrogen-bond acceptors (Lipinski definition) is 7. The third-order valence-corrected chi connectivity index (χ3v) is 5.18. The van der Waals surface area contributed by atoms with E-state index in [2.05, 4.69) is 15.5 Å². The van der Waals surface area contributed by atoms with Crippen LogP contribution in [0.3, 0.4) is 0 Å². The SMILES string of the molecule is Cc1c(CN2CCN(C(=O)O)[C@@H](C)C2)cc(C(F)F)cc1Nc1nnc(C(C)O)o1. The summed E-state index contributed by atoms with van der Waals surface area (Å²) in [5.74, 6) is 0.0191. The van der Waals surface area contributed by atoms with Crippen LogP contribution in [0.2, 0.25) is 0 Å². The molecule has 2 atom stereocenters. The lowest BCUT2D eigenvalue weighted by Gasteiger charge is -2.38. The fourth-order valence-corrected chi connectivity index (χ4v) is 3.49. The molecular formula is C19H25F2N5O4. The number of nitrogens with zero attached hydrogens (tertiary/aromatic N) is 4. The molecule has 0 radical (unpaired) electrons. The quantitative estimate of drug-likeness (QED) is 0.646. The molecule has 1 aliphatic heterocycles. The number of amides is 1. The van der Waals surface area contributed by atoms with Crippen LogP contribution in [-0.2, 0) is 6.54 Å². The summed E-state index contributed by atoms with van der Waals surface area (Å²) in [7, 11) is 0. The minimum atomic E-state index is -2.66. The van der Waals surface area contributed by atoms with Gasteiger partial charge in [0.2, 0.25) is 5.89 Å². The Morgan fingerprint density at radius 2 is 2.10 bits per heavy atom. The van der Waals surface area contributed by atoms with Crippen molar-refractivity contribution in [2.24, 2.45) is 0 Å². The largest absolute Gasteiger partial charge is 0.465 e. The third kappa shape index (κ3) is 4.85. The maximum Gasteiger partial charge on any atom is 0.407 e. The zero-order chi connectivity index (χ0) is 22.0. The van der Waals surface area contributed by atoms with E-state index in [0.29, 0.717) is 37.4 Å². The highest BCUT2D eigenvalue weighted by Crippen LogP contribution is 2.31. The molecular weight excluding hydrogens is 400 g/mol. The number of aliphatic hydroxyl groups excluding tert-OH is 1. The second kappa shape index (κ2) is 8.92. The summed E-state index contributed by atoms with van der Waals surface area (Å²) >= 11 is 0. The van der Waals surface area contributed by atoms with Gasteiger partial charge in [0, 0.05) is 43.5 Å². The van der Waals surface area contributed by atoms with Crippen LogP contribution in [-0.4, -0.2) is 62.0 Å². The molecule has 30 heavy (non-hydrogen) atoms. The first-order valence-corrected chi connectivity index (χ1v) is 9.57. The lowest BCUT2D eigenvalue weighted by molar-refractivity contribution is 0.0709. The molecule has 3 N–H and O–H groups in total. The van der Waals surface area contributed by atoms with Crippen LogP contribution in [0.15, 0.2) is 16.5 Å². The van der Waals surface area contributed by atoms with E-state index in [9.17, 15) is 23.8 Å². The van der Waals surface area contributed by atoms with E-state index in [1.165, 1.54) is 24.0 Å². The summed E-state index contributed by atoms with van der Waals surface area (Å²) in [4.78, 5) is 14.7. The Bertz CT molecular complexity index is 905. The van der Waals surface area contributed by atoms with Crippen molar-refractivity contribution in [3.05, 3.63) is 34.7 Å². The summed E-state index contributed by atoms with van der Waals surface area (Å²) in [6.45, 7) is 6.89. The Hall–Kier alpha value is -2.79. The van der Waals surface area contributed by atoms with Crippen molar-refractivity contribution in [1.82, 2.24) is 20.0 Å². The topological polar surface area (TPSA) is 115 Å². The number of aromatic nitrogens is 2. The Balaban J connectivity index is 1.83. The number of hydrogen-bond donors (Lipinski definition) is 3. The van der Waals surface area contributed by atoms with E-state index < -0.39 is 18.6 Å². The van der Waals surface area contributed by atoms with Gasteiger partial charge < -0.3 is 24.8 Å². The number of halogens is 2. The predicted octanol–water partition coefficient (Wildman–Crippen LogP) is 3.30. The van der Waals surface area contributed by atoms with Gasteiger partial charge in [-0.2, -0.15) is 0 Å². The highest BCUT2D eigenvalue weighted by atomic mass is 19.3. The van der Waals surface area contributed by atoms with Gasteiger partial charge in [0.25, 0.3) is 6.43 Å². The van der Waals surface area contributed by atoms with Crippen LogP contribution in [0.5, 0.6) is 0 Å². The minimum Gasteiger partial charge on any atom is -0.465 e. The number of alkyl halides is 2. The first-order chi connectivity index (χ1) is 14.2. The van der Waals surface area contributed by atoms with E-state index in [1.54, 1.807) is 6.92 Å². The Morgan fingerprint density at radius 1 is 1.37 bits per heavy atom. The van der Waals surface area contributed by atoms with E-state index in [-0.39, 0.29) is 23.5 Å². The predicted molar refractivity (Wildman–Crippen MR) is 104 cm³/mol. The molecule has 3 rings (SSSR count). The van der Waals surface area contributed by atoms with E-state index in [1.807, 2.05) is 11.8 Å². The molecule has 11 heteroatoms. The van der Waals surface area contributed by atoms with Gasteiger partial charge in [0.15, 0.2) is 0 Å². The summed E-state index contributed by atoms with van der Waals surface area (Å²) in [5.41, 5.74) is 1.69. The normalized spacial score (nSPS) is 18.6. The first-order valence-electron chi connectivity index (χ1n) is 9.57. The number of anilines is 2. The van der Waals surface area contributed by atoms with E-state index in [4.69, 9.17) is 4.42 Å². The molecule has 0 aliphatic carbocycles. The summed E-state index contributed by atoms with van der Waals surface area (Å²) in [6.07, 6.45) is -4.56. The van der Waals surface area contributed by atoms with Crippen molar-refractivity contribution in [1.29, 1.82) is 0 Å². The molecule has 1 fully saturated rings. The summed E-state index contributed by atoms with van der Waals surface area (Å²) in [6, 6.07) is 2.61. The van der Waals surface area contributed by atoms with Gasteiger partial charge in [0.05, 0.1) is 0 Å². The Labute approximate surface area is 172 Å². The Morgan fingerprint density at radius 3 is 2.67 bits per heavy atom. The molecule has 1 aromatic heterocycles. The van der Waals surface area contributed by atoms with Crippen molar-refractivity contribution in [3.8, 4) is 0 Å². The molecule has 0 saturated carbocycles. The number of rotatable bonds is 6. The zero-order valence-corrected chi connectivity index (χ0v) is 17.0. The average molecular weight is 425 g/mol. The number of aliphatic hydroxyl groups is 1. The third-order valence-electron chi connectivity index (χ3n) is 5.18. The van der Waals surface area contributed by atoms with Crippen molar-refractivity contribution in [2.45, 2.75) is 45.9 Å². The van der Waals surface area contributed by atoms with Crippen LogP contribution >= 0.6 is 0 Å². The van der Waals surface area contributed by atoms with Crippen LogP contribution < -0.4 is 5.32 Å². The van der Waals surface area contributed by atoms with Gasteiger partial charge in [0.1, 0.15) is 6.10 Å². The van der Waals surface area contributed by atoms with Gasteiger partial charge in [-0.3, -0.25) is 4.90 Å². The summed E-state index contributed by atoms with van der Waals surface area (Å²) in [5, 5.41) is 29.1. The van der Waals surface area contributed by atoms with Gasteiger partial charge in [-0.25, -0.2) is 13.6 Å². The van der Waals surface area contributed by atoms with Crippen molar-refractivity contribution in [2.75, 3.05) is 25.0 Å². The lowest BCUT2D eigenvalue weighted by atomic mass is 10.0. The van der Waals surface area contributed by atoms with E-state index >= 15 is 0 Å². The molecule has 164 valence electrons. The zero-order valence-electron chi connectivity index (χ0n) is 17.0. The van der Waals surface area contributed by atoms with Crippen molar-refractivity contribution >= 4 is 17.8 Å². The first kappa shape index (κ1) is 21.9. The van der Waals surface area contributed by atoms with Crippen molar-refractivity contribution < 1.29 is 28.2 Å². The molecule has 0 spiro atoms. The monoisotopic (exact) mass is 425 g/mol. The number of benzene rings is 1. The highest BCUT2D eigenvalue weighted by molar-refractivity contribution is 5.65. The van der Waals surface area contributed by atoms with E-state index in [0.717, 1.165) is 5.56 Å². The molecule has 1 aromatic carbocycles. The average Bonchev–Trinajstić information content (AvgIpc) is 3.13. The molecule has 1 amide bonds. The lowest BCUT2D eigenvalue weighted by Crippen LogP contribution is -2.53. The fourth-order valence-electron chi connectivity index (χ4n) is 3.49. The minimum absolute atomic E-state index is 0.00457. The Kier molecular flexibility index (Phi) is 6.52. The van der Waals surface area contributed by atoms with Crippen molar-refractivity contribution in [3.63, 3.8) is 0 Å². The molecule has 1 saturated heterocycles. The second-order valence-corrected chi connectivity index (χ2v) is 7.46. The van der Waals surface area contributed by atoms with Gasteiger partial charge in [-0.1, -0.05) is 5.10 Å². The molecule has 0 bridgehead atoms. The maximum absolute atomic E-state index is 13.5. The van der Waals surface area contributed by atoms with Crippen LogP contribution in [0, 0.1) is 6.92 Å². The van der Waals surface area contributed by atoms with Gasteiger partial charge in [-0.05, 0) is 44.0 Å². The van der Waals surface area contributed by atoms with Gasteiger partial charge in [-0.15, -0.1) is 5.10 Å². The number of nitrogens with one attached hydrogen (secondary N) is 1. The molecule has 2 heterocycles. The molecule has 9 nitrogen and oxygen atoms in total. The molecule has 2 aromatic rings. The second-order valence-electron chi connectivity index (χ2n) is 7.46. The number of piperazine rings is 1.